The average molecular weight is 344 g/mol. The molecule has 0 spiro atoms. The molecule has 2 rings (SSSR count). The highest BCUT2D eigenvalue weighted by Crippen LogP contribution is 2.22. The van der Waals surface area contributed by atoms with Crippen molar-refractivity contribution in [2.75, 3.05) is 0 Å². The van der Waals surface area contributed by atoms with E-state index in [1.54, 1.807) is 37.3 Å². The lowest BCUT2D eigenvalue weighted by Gasteiger charge is -2.15. The minimum Gasteiger partial charge on any atom is -0.207 e. The summed E-state index contributed by atoms with van der Waals surface area (Å²) in [6.45, 7) is 3.60. The summed E-state index contributed by atoms with van der Waals surface area (Å²) in [4.78, 5) is 0.152. The largest absolute Gasteiger partial charge is 0.241 e. The van der Waals surface area contributed by atoms with E-state index in [2.05, 4.69) is 4.72 Å². The van der Waals surface area contributed by atoms with Crippen LogP contribution in [0.5, 0.6) is 0 Å². The number of hydrogen-bond acceptors (Lipinski definition) is 2. The highest BCUT2D eigenvalue weighted by molar-refractivity contribution is 7.89. The third kappa shape index (κ3) is 3.98. The van der Waals surface area contributed by atoms with Gasteiger partial charge in [-0.25, -0.2) is 13.1 Å². The molecule has 0 aliphatic rings. The first-order valence-electron chi connectivity index (χ1n) is 6.33. The van der Waals surface area contributed by atoms with Crippen LogP contribution in [0, 0.1) is 6.92 Å². The van der Waals surface area contributed by atoms with Gasteiger partial charge in [-0.05, 0) is 49.2 Å². The Kier molecular flexibility index (Phi) is 4.94. The Morgan fingerprint density at radius 3 is 2.24 bits per heavy atom. The molecule has 0 aromatic heterocycles. The van der Waals surface area contributed by atoms with Crippen molar-refractivity contribution in [3.8, 4) is 0 Å². The molecule has 0 heterocycles. The number of sulfonamides is 1. The van der Waals surface area contributed by atoms with Crippen LogP contribution in [0.15, 0.2) is 47.4 Å². The van der Waals surface area contributed by atoms with Gasteiger partial charge in [-0.2, -0.15) is 0 Å². The zero-order valence-corrected chi connectivity index (χ0v) is 13.9. The zero-order chi connectivity index (χ0) is 15.6. The van der Waals surface area contributed by atoms with Crippen molar-refractivity contribution in [3.05, 3.63) is 63.6 Å². The van der Waals surface area contributed by atoms with Crippen LogP contribution in [-0.4, -0.2) is 8.42 Å². The molecular weight excluding hydrogens is 329 g/mol. The summed E-state index contributed by atoms with van der Waals surface area (Å²) in [7, 11) is -3.62. The van der Waals surface area contributed by atoms with Gasteiger partial charge in [0.25, 0.3) is 0 Å². The smallest absolute Gasteiger partial charge is 0.207 e. The Bertz CT molecular complexity index is 743. The normalized spacial score (nSPS) is 13.1. The first kappa shape index (κ1) is 16.3. The van der Waals surface area contributed by atoms with Crippen molar-refractivity contribution < 1.29 is 8.42 Å². The molecule has 0 bridgehead atoms. The van der Waals surface area contributed by atoms with E-state index in [1.807, 2.05) is 6.92 Å². The topological polar surface area (TPSA) is 46.2 Å². The van der Waals surface area contributed by atoms with Crippen LogP contribution in [0.3, 0.4) is 0 Å². The van der Waals surface area contributed by atoms with E-state index < -0.39 is 10.0 Å². The molecule has 0 aliphatic carbocycles. The van der Waals surface area contributed by atoms with Gasteiger partial charge in [-0.3, -0.25) is 0 Å². The van der Waals surface area contributed by atoms with Gasteiger partial charge in [0, 0.05) is 16.1 Å². The number of halogens is 2. The molecule has 0 aliphatic heterocycles. The minimum absolute atomic E-state index is 0.152. The van der Waals surface area contributed by atoms with E-state index in [1.165, 1.54) is 12.1 Å². The Morgan fingerprint density at radius 2 is 1.67 bits per heavy atom. The van der Waals surface area contributed by atoms with Crippen LogP contribution >= 0.6 is 23.2 Å². The van der Waals surface area contributed by atoms with E-state index in [0.717, 1.165) is 11.1 Å². The maximum Gasteiger partial charge on any atom is 0.241 e. The predicted molar refractivity (Wildman–Crippen MR) is 86.4 cm³/mol. The minimum atomic E-state index is -3.62. The summed E-state index contributed by atoms with van der Waals surface area (Å²) in [5, 5.41) is 1.04. The van der Waals surface area contributed by atoms with Gasteiger partial charge >= 0.3 is 0 Å². The first-order chi connectivity index (χ1) is 9.79. The summed E-state index contributed by atoms with van der Waals surface area (Å²) >= 11 is 11.8. The van der Waals surface area contributed by atoms with Gasteiger partial charge in [0.05, 0.1) is 4.90 Å². The van der Waals surface area contributed by atoms with Gasteiger partial charge in [0.15, 0.2) is 0 Å². The van der Waals surface area contributed by atoms with Crippen molar-refractivity contribution in [3.63, 3.8) is 0 Å². The summed E-state index contributed by atoms with van der Waals surface area (Å²) in [5.41, 5.74) is 1.67. The molecule has 112 valence electrons. The second-order valence-electron chi connectivity index (χ2n) is 4.81. The van der Waals surface area contributed by atoms with E-state index in [9.17, 15) is 8.42 Å². The van der Waals surface area contributed by atoms with Gasteiger partial charge in [0.1, 0.15) is 0 Å². The number of benzene rings is 2. The molecular formula is C15H15Cl2NO2S. The number of hydrogen-bond donors (Lipinski definition) is 1. The zero-order valence-electron chi connectivity index (χ0n) is 11.6. The molecule has 0 amide bonds. The van der Waals surface area contributed by atoms with Gasteiger partial charge in [-0.1, -0.05) is 41.4 Å². The molecule has 6 heteroatoms. The Balaban J connectivity index is 2.24. The summed E-state index contributed by atoms with van der Waals surface area (Å²) < 4.78 is 27.3. The Morgan fingerprint density at radius 1 is 1.05 bits per heavy atom. The van der Waals surface area contributed by atoms with Crippen LogP contribution < -0.4 is 4.72 Å². The monoisotopic (exact) mass is 343 g/mol. The first-order valence-corrected chi connectivity index (χ1v) is 8.57. The molecule has 2 aromatic rings. The maximum absolute atomic E-state index is 12.4. The van der Waals surface area contributed by atoms with E-state index in [4.69, 9.17) is 23.2 Å². The fourth-order valence-electron chi connectivity index (χ4n) is 1.86. The van der Waals surface area contributed by atoms with E-state index >= 15 is 0 Å². The average Bonchev–Trinajstić information content (AvgIpc) is 2.42. The molecule has 0 saturated heterocycles. The molecule has 2 aromatic carbocycles. The molecule has 1 unspecified atom stereocenters. The summed E-state index contributed by atoms with van der Waals surface area (Å²) in [6, 6.07) is 11.3. The Hall–Kier alpha value is -1.07. The van der Waals surface area contributed by atoms with Crippen LogP contribution in [0.2, 0.25) is 10.0 Å². The lowest BCUT2D eigenvalue weighted by Crippen LogP contribution is -2.26. The van der Waals surface area contributed by atoms with Crippen LogP contribution in [0.25, 0.3) is 0 Å². The highest BCUT2D eigenvalue weighted by atomic mass is 35.5. The summed E-state index contributed by atoms with van der Waals surface area (Å²) in [6.07, 6.45) is 0. The molecule has 1 N–H and O–H groups in total. The maximum atomic E-state index is 12.4. The van der Waals surface area contributed by atoms with Crippen molar-refractivity contribution >= 4 is 33.2 Å². The van der Waals surface area contributed by atoms with Gasteiger partial charge in [0.2, 0.25) is 10.0 Å². The molecule has 3 nitrogen and oxygen atoms in total. The van der Waals surface area contributed by atoms with Gasteiger partial charge < -0.3 is 0 Å². The fraction of sp³-hybridized carbons (Fsp3) is 0.200. The SMILES string of the molecule is Cc1ccc(S(=O)(=O)NC(C)c2ccc(Cl)cc2)cc1Cl. The summed E-state index contributed by atoms with van der Waals surface area (Å²) in [5.74, 6) is 0. The highest BCUT2D eigenvalue weighted by Gasteiger charge is 2.19. The van der Waals surface area contributed by atoms with Crippen molar-refractivity contribution in [2.24, 2.45) is 0 Å². The molecule has 0 radical (unpaired) electrons. The van der Waals surface area contributed by atoms with Crippen molar-refractivity contribution in [1.82, 2.24) is 4.72 Å². The van der Waals surface area contributed by atoms with Crippen molar-refractivity contribution in [1.29, 1.82) is 0 Å². The number of nitrogens with one attached hydrogen (secondary N) is 1. The second kappa shape index (κ2) is 6.36. The number of rotatable bonds is 4. The van der Waals surface area contributed by atoms with E-state index in [0.29, 0.717) is 10.0 Å². The predicted octanol–water partition coefficient (Wildman–Crippen LogP) is 4.34. The lowest BCUT2D eigenvalue weighted by molar-refractivity contribution is 0.567. The fourth-order valence-corrected chi connectivity index (χ4v) is 3.49. The standard InChI is InChI=1S/C15H15Cl2NO2S/c1-10-3-8-14(9-15(10)17)21(19,20)18-11(2)12-4-6-13(16)7-5-12/h3-9,11,18H,1-2H3. The third-order valence-electron chi connectivity index (χ3n) is 3.16. The molecule has 0 fully saturated rings. The number of aryl methyl sites for hydroxylation is 1. The third-order valence-corrected chi connectivity index (χ3v) is 5.35. The quantitative estimate of drug-likeness (QED) is 0.897. The molecule has 0 saturated carbocycles. The molecule has 21 heavy (non-hydrogen) atoms. The van der Waals surface area contributed by atoms with Crippen molar-refractivity contribution in [2.45, 2.75) is 24.8 Å². The lowest BCUT2D eigenvalue weighted by atomic mass is 10.1. The second-order valence-corrected chi connectivity index (χ2v) is 7.36. The van der Waals surface area contributed by atoms with E-state index in [-0.39, 0.29) is 10.9 Å². The van der Waals surface area contributed by atoms with Crippen LogP contribution in [-0.2, 0) is 10.0 Å². The van der Waals surface area contributed by atoms with Crippen LogP contribution in [0.1, 0.15) is 24.1 Å². The van der Waals surface area contributed by atoms with Crippen LogP contribution in [0.4, 0.5) is 0 Å². The van der Waals surface area contributed by atoms with Gasteiger partial charge in [-0.15, -0.1) is 0 Å². The Labute approximate surface area is 135 Å². The molecule has 1 atom stereocenters.